The van der Waals surface area contributed by atoms with Gasteiger partial charge in [-0.15, -0.1) is 0 Å². The molecule has 2 aliphatic carbocycles. The van der Waals surface area contributed by atoms with Crippen molar-refractivity contribution in [2.75, 3.05) is 0 Å². The lowest BCUT2D eigenvalue weighted by atomic mass is 9.79. The summed E-state index contributed by atoms with van der Waals surface area (Å²) in [5, 5.41) is 0. The van der Waals surface area contributed by atoms with Gasteiger partial charge in [0.15, 0.2) is 0 Å². The minimum absolute atomic E-state index is 0.117. The van der Waals surface area contributed by atoms with E-state index < -0.39 is 7.12 Å². The van der Waals surface area contributed by atoms with E-state index in [0.717, 1.165) is 48.1 Å². The Hall–Kier alpha value is -2.78. The van der Waals surface area contributed by atoms with Crippen molar-refractivity contribution in [3.63, 3.8) is 0 Å². The molecule has 3 heterocycles. The Labute approximate surface area is 206 Å². The second-order valence-corrected chi connectivity index (χ2v) is 10.2. The Bertz CT molecular complexity index is 1100. The van der Waals surface area contributed by atoms with Crippen LogP contribution < -0.4 is 5.46 Å². The summed E-state index contributed by atoms with van der Waals surface area (Å²) in [5.74, 6) is -0.502. The van der Waals surface area contributed by atoms with E-state index in [2.05, 4.69) is 16.0 Å². The molecule has 9 heteroatoms. The summed E-state index contributed by atoms with van der Waals surface area (Å²) in [5.41, 5.74) is 4.29. The molecule has 3 aliphatic rings. The van der Waals surface area contributed by atoms with E-state index in [1.54, 1.807) is 12.4 Å². The molecule has 8 nitrogen and oxygen atoms in total. The first-order valence-corrected chi connectivity index (χ1v) is 12.1. The minimum atomic E-state index is -0.407. The third-order valence-corrected chi connectivity index (χ3v) is 7.05. The van der Waals surface area contributed by atoms with E-state index in [9.17, 15) is 9.59 Å². The van der Waals surface area contributed by atoms with E-state index in [0.29, 0.717) is 0 Å². The zero-order valence-electron chi connectivity index (χ0n) is 21.3. The summed E-state index contributed by atoms with van der Waals surface area (Å²) in [6.07, 6.45) is 6.63. The number of hydrogen-bond acceptors (Lipinski definition) is 8. The highest BCUT2D eigenvalue weighted by molar-refractivity contribution is 6.62. The van der Waals surface area contributed by atoms with Gasteiger partial charge in [0.1, 0.15) is 12.2 Å². The minimum Gasteiger partial charge on any atom is -0.456 e. The monoisotopic (exact) mass is 480 g/mol. The molecule has 0 N–H and O–H groups in total. The van der Waals surface area contributed by atoms with Gasteiger partial charge in [-0.2, -0.15) is 0 Å². The maximum absolute atomic E-state index is 11.1. The molecule has 35 heavy (non-hydrogen) atoms. The molecule has 0 aromatic carbocycles. The first-order chi connectivity index (χ1) is 16.5. The summed E-state index contributed by atoms with van der Waals surface area (Å²) < 4.78 is 22.5. The third kappa shape index (κ3) is 5.41. The second kappa shape index (κ2) is 9.70. The van der Waals surface area contributed by atoms with Gasteiger partial charge in [0.2, 0.25) is 0 Å². The first-order valence-electron chi connectivity index (χ1n) is 12.1. The van der Waals surface area contributed by atoms with Crippen molar-refractivity contribution < 1.29 is 28.4 Å². The number of hydrogen-bond donors (Lipinski definition) is 0. The summed E-state index contributed by atoms with van der Waals surface area (Å²) >= 11 is 0. The molecule has 1 saturated heterocycles. The van der Waals surface area contributed by atoms with E-state index in [1.165, 1.54) is 19.4 Å². The van der Waals surface area contributed by atoms with Crippen molar-refractivity contribution in [2.45, 2.75) is 90.6 Å². The molecular formula is C26H33BN2O6. The van der Waals surface area contributed by atoms with Crippen molar-refractivity contribution >= 4 is 24.5 Å². The van der Waals surface area contributed by atoms with Gasteiger partial charge < -0.3 is 18.8 Å². The molecule has 2 unspecified atom stereocenters. The SMILES string of the molecule is CC(=O)OC1CCc2cc(B3OC(C)(C)C(C)(C)O3)cnc21.CC(=O)OC1CCc2cccnc21. The number of aromatic nitrogens is 2. The molecule has 0 radical (unpaired) electrons. The zero-order chi connectivity index (χ0) is 25.4. The molecule has 2 atom stereocenters. The predicted molar refractivity (Wildman–Crippen MR) is 130 cm³/mol. The van der Waals surface area contributed by atoms with Crippen molar-refractivity contribution in [3.8, 4) is 0 Å². The smallest absolute Gasteiger partial charge is 0.456 e. The molecule has 1 fully saturated rings. The zero-order valence-corrected chi connectivity index (χ0v) is 21.3. The van der Waals surface area contributed by atoms with Crippen LogP contribution in [0.25, 0.3) is 0 Å². The van der Waals surface area contributed by atoms with Crippen LogP contribution >= 0.6 is 0 Å². The van der Waals surface area contributed by atoms with Crippen molar-refractivity contribution in [3.05, 3.63) is 53.1 Å². The summed E-state index contributed by atoms with van der Waals surface area (Å²) in [7, 11) is -0.407. The van der Waals surface area contributed by atoms with Crippen LogP contribution in [0, 0.1) is 0 Å². The maximum Gasteiger partial charge on any atom is 0.496 e. The van der Waals surface area contributed by atoms with Gasteiger partial charge in [0, 0.05) is 31.7 Å². The fourth-order valence-corrected chi connectivity index (χ4v) is 4.57. The fraction of sp³-hybridized carbons (Fsp3) is 0.538. The average molecular weight is 480 g/mol. The molecule has 0 amide bonds. The lowest BCUT2D eigenvalue weighted by Crippen LogP contribution is -2.41. The van der Waals surface area contributed by atoms with Gasteiger partial charge in [0.25, 0.3) is 0 Å². The van der Waals surface area contributed by atoms with Crippen LogP contribution in [0.15, 0.2) is 30.6 Å². The van der Waals surface area contributed by atoms with Crippen LogP contribution in [0.5, 0.6) is 0 Å². The Morgan fingerprint density at radius 2 is 1.46 bits per heavy atom. The van der Waals surface area contributed by atoms with Crippen molar-refractivity contribution in [1.29, 1.82) is 0 Å². The standard InChI is InChI=1S/C16H22BNO4.C10H11NO2/c1-10(19)20-13-7-6-11-8-12(9-18-14(11)13)17-21-15(2,3)16(4,5)22-17;1-7(12)13-9-5-4-8-3-2-6-11-10(8)9/h8-9,13H,6-7H2,1-5H3;2-3,6,9H,4-5H2,1H3. The van der Waals surface area contributed by atoms with Crippen molar-refractivity contribution in [1.82, 2.24) is 9.97 Å². The number of aryl methyl sites for hydroxylation is 2. The lowest BCUT2D eigenvalue weighted by Gasteiger charge is -2.32. The van der Waals surface area contributed by atoms with Gasteiger partial charge in [-0.3, -0.25) is 19.6 Å². The largest absolute Gasteiger partial charge is 0.496 e. The molecule has 1 aliphatic heterocycles. The van der Waals surface area contributed by atoms with Crippen LogP contribution in [-0.2, 0) is 41.2 Å². The van der Waals surface area contributed by atoms with Gasteiger partial charge in [0.05, 0.1) is 22.6 Å². The molecule has 0 bridgehead atoms. The highest BCUT2D eigenvalue weighted by Gasteiger charge is 2.52. The van der Waals surface area contributed by atoms with Crippen LogP contribution in [0.1, 0.15) is 89.1 Å². The fourth-order valence-electron chi connectivity index (χ4n) is 4.57. The summed E-state index contributed by atoms with van der Waals surface area (Å²) in [6, 6.07) is 6.01. The maximum atomic E-state index is 11.1. The van der Waals surface area contributed by atoms with E-state index in [4.69, 9.17) is 18.8 Å². The van der Waals surface area contributed by atoms with E-state index >= 15 is 0 Å². The summed E-state index contributed by atoms with van der Waals surface area (Å²) in [4.78, 5) is 30.6. The molecule has 0 saturated carbocycles. The summed E-state index contributed by atoms with van der Waals surface area (Å²) in [6.45, 7) is 11.0. The van der Waals surface area contributed by atoms with Crippen LogP contribution in [0.4, 0.5) is 0 Å². The van der Waals surface area contributed by atoms with Gasteiger partial charge in [-0.1, -0.05) is 12.1 Å². The highest BCUT2D eigenvalue weighted by atomic mass is 16.7. The molecule has 0 spiro atoms. The highest BCUT2D eigenvalue weighted by Crippen LogP contribution is 2.37. The topological polar surface area (TPSA) is 96.8 Å². The average Bonchev–Trinajstić information content (AvgIpc) is 3.42. The number of rotatable bonds is 3. The number of nitrogens with zero attached hydrogens (tertiary/aromatic N) is 2. The molecule has 2 aromatic heterocycles. The number of ether oxygens (including phenoxy) is 2. The van der Waals surface area contributed by atoms with Gasteiger partial charge in [-0.05, 0) is 70.6 Å². The Morgan fingerprint density at radius 1 is 0.914 bits per heavy atom. The number of pyridine rings is 2. The van der Waals surface area contributed by atoms with Crippen LogP contribution in [0.3, 0.4) is 0 Å². The number of carbonyl (C=O) groups is 2. The van der Waals surface area contributed by atoms with Crippen molar-refractivity contribution in [2.24, 2.45) is 0 Å². The third-order valence-electron chi connectivity index (χ3n) is 7.05. The quantitative estimate of drug-likeness (QED) is 0.486. The molecule has 2 aromatic rings. The second-order valence-electron chi connectivity index (χ2n) is 10.2. The molecule has 5 rings (SSSR count). The number of esters is 2. The van der Waals surface area contributed by atoms with Gasteiger partial charge in [-0.25, -0.2) is 0 Å². The molecule has 186 valence electrons. The number of fused-ring (bicyclic) bond motifs is 2. The predicted octanol–water partition coefficient (Wildman–Crippen LogP) is 3.56. The van der Waals surface area contributed by atoms with E-state index in [-0.39, 0.29) is 35.3 Å². The number of carbonyl (C=O) groups excluding carboxylic acids is 2. The molecular weight excluding hydrogens is 447 g/mol. The first kappa shape index (κ1) is 25.3. The lowest BCUT2D eigenvalue weighted by molar-refractivity contribution is -0.147. The Balaban J connectivity index is 0.000000189. The van der Waals surface area contributed by atoms with Crippen LogP contribution in [0.2, 0.25) is 0 Å². The Morgan fingerprint density at radius 3 is 2.03 bits per heavy atom. The van der Waals surface area contributed by atoms with Crippen LogP contribution in [-0.4, -0.2) is 40.2 Å². The normalized spacial score (nSPS) is 23.1. The Kier molecular flexibility index (Phi) is 7.02. The van der Waals surface area contributed by atoms with Gasteiger partial charge >= 0.3 is 19.1 Å². The van der Waals surface area contributed by atoms with E-state index in [1.807, 2.05) is 39.8 Å².